The molecule has 0 aromatic heterocycles. The number of nitrogens with zero attached hydrogens (tertiary/aromatic N) is 1. The van der Waals surface area contributed by atoms with Crippen LogP contribution in [-0.2, 0) is 9.53 Å². The molecule has 0 aliphatic rings. The fraction of sp³-hybridized carbons (Fsp3) is 0.533. The number of benzene rings is 1. The van der Waals surface area contributed by atoms with Gasteiger partial charge in [0, 0.05) is 25.9 Å². The molecule has 0 saturated heterocycles. The van der Waals surface area contributed by atoms with Crippen molar-refractivity contribution in [3.05, 3.63) is 29.8 Å². The second kappa shape index (κ2) is 7.92. The van der Waals surface area contributed by atoms with Crippen molar-refractivity contribution in [2.75, 3.05) is 32.6 Å². The fourth-order valence-corrected chi connectivity index (χ4v) is 1.82. The van der Waals surface area contributed by atoms with Crippen molar-refractivity contribution >= 4 is 11.6 Å². The number of carbonyl (C=O) groups is 1. The van der Waals surface area contributed by atoms with E-state index in [1.807, 2.05) is 50.1 Å². The van der Waals surface area contributed by atoms with Crippen LogP contribution in [0.3, 0.4) is 0 Å². The standard InChI is InChI=1S/C15H24N2O2/c1-12-7-5-8-14(11-12)16-15(18)13(2)17(3)9-6-10-19-4/h5,7-8,11,13H,6,9-10H2,1-4H3,(H,16,18). The molecule has 1 atom stereocenters. The van der Waals surface area contributed by atoms with E-state index in [4.69, 9.17) is 4.74 Å². The number of anilines is 1. The van der Waals surface area contributed by atoms with Gasteiger partial charge >= 0.3 is 0 Å². The zero-order valence-electron chi connectivity index (χ0n) is 12.3. The Hall–Kier alpha value is -1.39. The number of hydrogen-bond donors (Lipinski definition) is 1. The molecule has 0 bridgehead atoms. The van der Waals surface area contributed by atoms with Crippen LogP contribution >= 0.6 is 0 Å². The summed E-state index contributed by atoms with van der Waals surface area (Å²) in [5.74, 6) is 0.0190. The molecule has 0 spiro atoms. The molecule has 0 heterocycles. The number of amides is 1. The molecule has 1 aromatic rings. The minimum absolute atomic E-state index is 0.0190. The van der Waals surface area contributed by atoms with Gasteiger partial charge in [-0.3, -0.25) is 9.69 Å². The highest BCUT2D eigenvalue weighted by molar-refractivity contribution is 5.94. The normalized spacial score (nSPS) is 12.5. The first kappa shape index (κ1) is 15.7. The first-order valence-electron chi connectivity index (χ1n) is 6.61. The molecule has 1 rings (SSSR count). The summed E-state index contributed by atoms with van der Waals surface area (Å²) >= 11 is 0. The van der Waals surface area contributed by atoms with Crippen LogP contribution in [-0.4, -0.2) is 44.2 Å². The molecule has 0 aliphatic heterocycles. The van der Waals surface area contributed by atoms with E-state index in [-0.39, 0.29) is 11.9 Å². The van der Waals surface area contributed by atoms with Gasteiger partial charge in [0.2, 0.25) is 5.91 Å². The van der Waals surface area contributed by atoms with Gasteiger partial charge in [0.25, 0.3) is 0 Å². The third-order valence-corrected chi connectivity index (χ3v) is 3.19. The van der Waals surface area contributed by atoms with Crippen LogP contribution in [0.15, 0.2) is 24.3 Å². The van der Waals surface area contributed by atoms with E-state index in [0.29, 0.717) is 0 Å². The number of methoxy groups -OCH3 is 1. The lowest BCUT2D eigenvalue weighted by Crippen LogP contribution is -2.40. The molecule has 4 heteroatoms. The molecule has 1 unspecified atom stereocenters. The van der Waals surface area contributed by atoms with Crippen LogP contribution in [0.4, 0.5) is 5.69 Å². The van der Waals surface area contributed by atoms with Gasteiger partial charge in [0.1, 0.15) is 0 Å². The molecule has 0 radical (unpaired) electrons. The molecule has 1 N–H and O–H groups in total. The van der Waals surface area contributed by atoms with Gasteiger partial charge in [0.15, 0.2) is 0 Å². The first-order chi connectivity index (χ1) is 9.04. The van der Waals surface area contributed by atoms with E-state index >= 15 is 0 Å². The summed E-state index contributed by atoms with van der Waals surface area (Å²) in [6.07, 6.45) is 0.926. The van der Waals surface area contributed by atoms with Gasteiger partial charge in [-0.05, 0) is 45.0 Å². The van der Waals surface area contributed by atoms with Gasteiger partial charge in [-0.25, -0.2) is 0 Å². The van der Waals surface area contributed by atoms with Crippen molar-refractivity contribution in [3.63, 3.8) is 0 Å². The molecule has 106 valence electrons. The Morgan fingerprint density at radius 2 is 2.21 bits per heavy atom. The van der Waals surface area contributed by atoms with Crippen molar-refractivity contribution in [1.29, 1.82) is 0 Å². The smallest absolute Gasteiger partial charge is 0.241 e. The predicted octanol–water partition coefficient (Wildman–Crippen LogP) is 2.29. The summed E-state index contributed by atoms with van der Waals surface area (Å²) in [5.41, 5.74) is 1.99. The average Bonchev–Trinajstić information content (AvgIpc) is 2.38. The van der Waals surface area contributed by atoms with E-state index in [1.54, 1.807) is 7.11 Å². The number of ether oxygens (including phenoxy) is 1. The number of nitrogens with one attached hydrogen (secondary N) is 1. The second-order valence-electron chi connectivity index (χ2n) is 4.86. The molecule has 19 heavy (non-hydrogen) atoms. The lowest BCUT2D eigenvalue weighted by molar-refractivity contribution is -0.120. The molecule has 0 saturated carbocycles. The van der Waals surface area contributed by atoms with Crippen LogP contribution in [0.5, 0.6) is 0 Å². The maximum Gasteiger partial charge on any atom is 0.241 e. The van der Waals surface area contributed by atoms with Gasteiger partial charge in [-0.1, -0.05) is 12.1 Å². The number of carbonyl (C=O) groups excluding carboxylic acids is 1. The lowest BCUT2D eigenvalue weighted by atomic mass is 10.2. The highest BCUT2D eigenvalue weighted by Gasteiger charge is 2.17. The van der Waals surface area contributed by atoms with Crippen LogP contribution < -0.4 is 5.32 Å². The lowest BCUT2D eigenvalue weighted by Gasteiger charge is -2.23. The van der Waals surface area contributed by atoms with Gasteiger partial charge in [0.05, 0.1) is 6.04 Å². The molecule has 0 fully saturated rings. The summed E-state index contributed by atoms with van der Waals surface area (Å²) in [6.45, 7) is 5.49. The number of rotatable bonds is 7. The first-order valence-corrected chi connectivity index (χ1v) is 6.61. The Labute approximate surface area is 115 Å². The molecular formula is C15H24N2O2. The zero-order chi connectivity index (χ0) is 14.3. The monoisotopic (exact) mass is 264 g/mol. The maximum absolute atomic E-state index is 12.1. The fourth-order valence-electron chi connectivity index (χ4n) is 1.82. The van der Waals surface area contributed by atoms with Crippen molar-refractivity contribution in [1.82, 2.24) is 4.90 Å². The minimum atomic E-state index is -0.155. The van der Waals surface area contributed by atoms with Crippen molar-refractivity contribution < 1.29 is 9.53 Å². The molecule has 0 aliphatic carbocycles. The van der Waals surface area contributed by atoms with E-state index in [1.165, 1.54) is 0 Å². The van der Waals surface area contributed by atoms with E-state index in [0.717, 1.165) is 30.8 Å². The average molecular weight is 264 g/mol. The summed E-state index contributed by atoms with van der Waals surface area (Å²) < 4.78 is 5.01. The Morgan fingerprint density at radius 3 is 2.84 bits per heavy atom. The van der Waals surface area contributed by atoms with Gasteiger partial charge in [-0.2, -0.15) is 0 Å². The number of aryl methyl sites for hydroxylation is 1. The van der Waals surface area contributed by atoms with E-state index in [9.17, 15) is 4.79 Å². The molecule has 4 nitrogen and oxygen atoms in total. The van der Waals surface area contributed by atoms with E-state index in [2.05, 4.69) is 5.32 Å². The van der Waals surface area contributed by atoms with Crippen molar-refractivity contribution in [2.24, 2.45) is 0 Å². The maximum atomic E-state index is 12.1. The highest BCUT2D eigenvalue weighted by Crippen LogP contribution is 2.10. The largest absolute Gasteiger partial charge is 0.385 e. The Bertz CT molecular complexity index is 407. The van der Waals surface area contributed by atoms with Gasteiger partial charge in [-0.15, -0.1) is 0 Å². The van der Waals surface area contributed by atoms with E-state index < -0.39 is 0 Å². The Kier molecular flexibility index (Phi) is 6.53. The molecule has 1 amide bonds. The van der Waals surface area contributed by atoms with Crippen LogP contribution in [0, 0.1) is 6.92 Å². The Balaban J connectivity index is 2.48. The van der Waals surface area contributed by atoms with Gasteiger partial charge < -0.3 is 10.1 Å². The number of likely N-dealkylation sites (N-methyl/N-ethyl adjacent to an activating group) is 1. The van der Waals surface area contributed by atoms with Crippen LogP contribution in [0.25, 0.3) is 0 Å². The Morgan fingerprint density at radius 1 is 1.47 bits per heavy atom. The summed E-state index contributed by atoms with van der Waals surface area (Å²) in [6, 6.07) is 7.67. The molecule has 1 aromatic carbocycles. The predicted molar refractivity (Wildman–Crippen MR) is 78.4 cm³/mol. The van der Waals surface area contributed by atoms with Crippen LogP contribution in [0.2, 0.25) is 0 Å². The van der Waals surface area contributed by atoms with Crippen molar-refractivity contribution in [2.45, 2.75) is 26.3 Å². The summed E-state index contributed by atoms with van der Waals surface area (Å²) in [7, 11) is 3.64. The highest BCUT2D eigenvalue weighted by atomic mass is 16.5. The minimum Gasteiger partial charge on any atom is -0.385 e. The third-order valence-electron chi connectivity index (χ3n) is 3.19. The third kappa shape index (κ3) is 5.41. The zero-order valence-corrected chi connectivity index (χ0v) is 12.3. The molecular weight excluding hydrogens is 240 g/mol. The van der Waals surface area contributed by atoms with Crippen molar-refractivity contribution in [3.8, 4) is 0 Å². The summed E-state index contributed by atoms with van der Waals surface area (Å²) in [4.78, 5) is 14.1. The topological polar surface area (TPSA) is 41.6 Å². The second-order valence-corrected chi connectivity index (χ2v) is 4.86. The SMILES string of the molecule is COCCCN(C)C(C)C(=O)Nc1cccc(C)c1. The summed E-state index contributed by atoms with van der Waals surface area (Å²) in [5, 5.41) is 2.94. The quantitative estimate of drug-likeness (QED) is 0.768. The van der Waals surface area contributed by atoms with Crippen LogP contribution in [0.1, 0.15) is 18.9 Å². The number of hydrogen-bond acceptors (Lipinski definition) is 3.